The van der Waals surface area contributed by atoms with E-state index in [0.717, 1.165) is 45.6 Å². The molecule has 2 fully saturated rings. The lowest BCUT2D eigenvalue weighted by molar-refractivity contribution is -0.143. The van der Waals surface area contributed by atoms with E-state index in [9.17, 15) is 4.79 Å². The van der Waals surface area contributed by atoms with Gasteiger partial charge in [-0.1, -0.05) is 6.92 Å². The van der Waals surface area contributed by atoms with E-state index in [-0.39, 0.29) is 12.0 Å². The molecule has 4 heteroatoms. The highest BCUT2D eigenvalue weighted by molar-refractivity contribution is 5.81. The van der Waals surface area contributed by atoms with Crippen molar-refractivity contribution < 1.29 is 9.53 Å². The maximum absolute atomic E-state index is 12.1. The van der Waals surface area contributed by atoms with Crippen molar-refractivity contribution in [1.82, 2.24) is 9.80 Å². The van der Waals surface area contributed by atoms with Crippen molar-refractivity contribution in [3.8, 4) is 0 Å². The minimum absolute atomic E-state index is 0.148. The molecule has 2 rings (SSSR count). The van der Waals surface area contributed by atoms with E-state index in [2.05, 4.69) is 18.7 Å². The summed E-state index contributed by atoms with van der Waals surface area (Å²) in [6.45, 7) is 8.97. The van der Waals surface area contributed by atoms with Crippen LogP contribution in [0.5, 0.6) is 0 Å². The molecule has 2 aliphatic rings. The van der Waals surface area contributed by atoms with Crippen LogP contribution < -0.4 is 0 Å². The Balaban J connectivity index is 1.80. The van der Waals surface area contributed by atoms with Crippen LogP contribution in [0.2, 0.25) is 0 Å². The first kappa shape index (κ1) is 12.8. The molecule has 0 aromatic rings. The van der Waals surface area contributed by atoms with Crippen LogP contribution in [-0.2, 0) is 9.53 Å². The summed E-state index contributed by atoms with van der Waals surface area (Å²) in [4.78, 5) is 16.6. The summed E-state index contributed by atoms with van der Waals surface area (Å²) in [7, 11) is 0. The van der Waals surface area contributed by atoms with Gasteiger partial charge < -0.3 is 9.64 Å². The highest BCUT2D eigenvalue weighted by Crippen LogP contribution is 2.16. The highest BCUT2D eigenvalue weighted by Gasteiger charge is 2.30. The molecule has 2 atom stereocenters. The predicted octanol–water partition coefficient (Wildman–Crippen LogP) is 1.11. The normalized spacial score (nSPS) is 28.4. The summed E-state index contributed by atoms with van der Waals surface area (Å²) in [6, 6.07) is 0.634. The molecular formula is C13H24N2O2. The molecule has 0 radical (unpaired) electrons. The first-order valence-electron chi connectivity index (χ1n) is 6.86. The van der Waals surface area contributed by atoms with Crippen LogP contribution in [-0.4, -0.2) is 60.6 Å². The van der Waals surface area contributed by atoms with Gasteiger partial charge in [0.25, 0.3) is 5.91 Å². The molecule has 2 unspecified atom stereocenters. The Labute approximate surface area is 104 Å². The monoisotopic (exact) mass is 240 g/mol. The fourth-order valence-electron chi connectivity index (χ4n) is 2.62. The summed E-state index contributed by atoms with van der Waals surface area (Å²) in [5.41, 5.74) is 0. The zero-order chi connectivity index (χ0) is 12.3. The van der Waals surface area contributed by atoms with Crippen LogP contribution in [0.1, 0.15) is 33.1 Å². The standard InChI is InChI=1S/C13H24N2O2/c1-3-11(2)14-6-8-15(9-7-14)13(16)12-5-4-10-17-12/h11-12H,3-10H2,1-2H3. The molecule has 2 saturated heterocycles. The molecule has 2 heterocycles. The van der Waals surface area contributed by atoms with Gasteiger partial charge in [-0.15, -0.1) is 0 Å². The third-order valence-electron chi connectivity index (χ3n) is 4.05. The predicted molar refractivity (Wildman–Crippen MR) is 66.9 cm³/mol. The minimum Gasteiger partial charge on any atom is -0.368 e. The van der Waals surface area contributed by atoms with Gasteiger partial charge in [-0.2, -0.15) is 0 Å². The minimum atomic E-state index is -0.148. The van der Waals surface area contributed by atoms with Crippen LogP contribution in [0.4, 0.5) is 0 Å². The molecule has 17 heavy (non-hydrogen) atoms. The van der Waals surface area contributed by atoms with Gasteiger partial charge in [-0.25, -0.2) is 0 Å². The average molecular weight is 240 g/mol. The van der Waals surface area contributed by atoms with Crippen LogP contribution in [0.3, 0.4) is 0 Å². The van der Waals surface area contributed by atoms with E-state index in [1.54, 1.807) is 0 Å². The molecule has 0 saturated carbocycles. The van der Waals surface area contributed by atoms with Crippen molar-refractivity contribution in [3.63, 3.8) is 0 Å². The van der Waals surface area contributed by atoms with Crippen molar-refractivity contribution in [3.05, 3.63) is 0 Å². The number of carbonyl (C=O) groups is 1. The van der Waals surface area contributed by atoms with Gasteiger partial charge in [0, 0.05) is 38.8 Å². The fraction of sp³-hybridized carbons (Fsp3) is 0.923. The van der Waals surface area contributed by atoms with Gasteiger partial charge >= 0.3 is 0 Å². The van der Waals surface area contributed by atoms with Crippen LogP contribution in [0.15, 0.2) is 0 Å². The molecule has 98 valence electrons. The van der Waals surface area contributed by atoms with Gasteiger partial charge in [0.15, 0.2) is 0 Å². The molecular weight excluding hydrogens is 216 g/mol. The van der Waals surface area contributed by atoms with E-state index >= 15 is 0 Å². The quantitative estimate of drug-likeness (QED) is 0.741. The largest absolute Gasteiger partial charge is 0.368 e. The van der Waals surface area contributed by atoms with Gasteiger partial charge in [0.1, 0.15) is 6.10 Å². The number of ether oxygens (including phenoxy) is 1. The Kier molecular flexibility index (Phi) is 4.40. The molecule has 0 aromatic carbocycles. The van der Waals surface area contributed by atoms with Crippen molar-refractivity contribution in [2.75, 3.05) is 32.8 Å². The Morgan fingerprint density at radius 2 is 2.06 bits per heavy atom. The second-order valence-electron chi connectivity index (χ2n) is 5.12. The number of piperazine rings is 1. The van der Waals surface area contributed by atoms with Crippen molar-refractivity contribution >= 4 is 5.91 Å². The molecule has 0 aliphatic carbocycles. The lowest BCUT2D eigenvalue weighted by Gasteiger charge is -2.38. The third kappa shape index (κ3) is 2.99. The highest BCUT2D eigenvalue weighted by atomic mass is 16.5. The third-order valence-corrected chi connectivity index (χ3v) is 4.05. The lowest BCUT2D eigenvalue weighted by Crippen LogP contribution is -2.53. The fourth-order valence-corrected chi connectivity index (χ4v) is 2.62. The second-order valence-corrected chi connectivity index (χ2v) is 5.12. The van der Waals surface area contributed by atoms with Gasteiger partial charge in [0.05, 0.1) is 0 Å². The topological polar surface area (TPSA) is 32.8 Å². The SMILES string of the molecule is CCC(C)N1CCN(C(=O)C2CCCO2)CC1. The van der Waals surface area contributed by atoms with Crippen LogP contribution in [0.25, 0.3) is 0 Å². The van der Waals surface area contributed by atoms with Crippen molar-refractivity contribution in [2.24, 2.45) is 0 Å². The summed E-state index contributed by atoms with van der Waals surface area (Å²) in [5.74, 6) is 0.214. The Morgan fingerprint density at radius 3 is 2.59 bits per heavy atom. The Bertz CT molecular complexity index is 256. The van der Waals surface area contributed by atoms with Crippen molar-refractivity contribution in [2.45, 2.75) is 45.3 Å². The molecule has 4 nitrogen and oxygen atoms in total. The number of hydrogen-bond donors (Lipinski definition) is 0. The first-order chi connectivity index (χ1) is 8.22. The van der Waals surface area contributed by atoms with E-state index in [0.29, 0.717) is 6.04 Å². The van der Waals surface area contributed by atoms with Crippen LogP contribution in [0, 0.1) is 0 Å². The van der Waals surface area contributed by atoms with E-state index in [1.165, 1.54) is 6.42 Å². The molecule has 0 N–H and O–H groups in total. The molecule has 0 aromatic heterocycles. The average Bonchev–Trinajstić information content (AvgIpc) is 2.91. The number of carbonyl (C=O) groups excluding carboxylic acids is 1. The summed E-state index contributed by atoms with van der Waals surface area (Å²) < 4.78 is 5.46. The van der Waals surface area contributed by atoms with Gasteiger partial charge in [-0.3, -0.25) is 9.69 Å². The summed E-state index contributed by atoms with van der Waals surface area (Å²) in [6.07, 6.45) is 2.97. The van der Waals surface area contributed by atoms with E-state index in [4.69, 9.17) is 4.74 Å². The molecule has 0 spiro atoms. The molecule has 0 bridgehead atoms. The number of amides is 1. The van der Waals surface area contributed by atoms with Crippen molar-refractivity contribution in [1.29, 1.82) is 0 Å². The zero-order valence-electron chi connectivity index (χ0n) is 11.0. The first-order valence-corrected chi connectivity index (χ1v) is 6.86. The lowest BCUT2D eigenvalue weighted by atomic mass is 10.1. The molecule has 1 amide bonds. The summed E-state index contributed by atoms with van der Waals surface area (Å²) >= 11 is 0. The number of rotatable bonds is 3. The van der Waals surface area contributed by atoms with Crippen LogP contribution >= 0.6 is 0 Å². The van der Waals surface area contributed by atoms with E-state index < -0.39 is 0 Å². The maximum Gasteiger partial charge on any atom is 0.251 e. The number of hydrogen-bond acceptors (Lipinski definition) is 3. The van der Waals surface area contributed by atoms with Gasteiger partial charge in [-0.05, 0) is 26.2 Å². The second kappa shape index (κ2) is 5.83. The zero-order valence-corrected chi connectivity index (χ0v) is 11.0. The smallest absolute Gasteiger partial charge is 0.251 e. The van der Waals surface area contributed by atoms with E-state index in [1.807, 2.05) is 4.90 Å². The summed E-state index contributed by atoms with van der Waals surface area (Å²) in [5, 5.41) is 0. The Hall–Kier alpha value is -0.610. The Morgan fingerprint density at radius 1 is 1.35 bits per heavy atom. The maximum atomic E-state index is 12.1. The molecule has 2 aliphatic heterocycles. The number of nitrogens with zero attached hydrogens (tertiary/aromatic N) is 2. The van der Waals surface area contributed by atoms with Gasteiger partial charge in [0.2, 0.25) is 0 Å².